The van der Waals surface area contributed by atoms with E-state index in [0.717, 1.165) is 33.5 Å². The highest BCUT2D eigenvalue weighted by atomic mass is 16.7. The number of pyridine rings is 1. The monoisotopic (exact) mass is 824 g/mol. The standard InChI is InChI=1S/C47H60N4O9/c1-27-21-28(2)43(53)58-32(6)47(8)41-31(5)39(48-17-18-51(41)45(54)60-47)29(3)25-46(7,42(27)59-44-40(52)37(50(9)10)22-30(4)57-44)56-20-11-13-33-15-16-36-34(23-33)24-35(26-49-36)38-14-12-19-55-38/h12,14-16,19,21,23-24,26-27,29-32,37,40-42,44,52H,17-18,20,22,25H2,1-10H3/b28-21+/t27-,29+,30-,31+,32-,37+,40?,41+,42+,44+,46-,47+/m0/s1. The fraction of sp³-hybridized carbons (Fsp3) is 0.574. The summed E-state index contributed by atoms with van der Waals surface area (Å²) < 4.78 is 38.1. The van der Waals surface area contributed by atoms with Gasteiger partial charge in [-0.1, -0.05) is 38.7 Å². The number of hydrogen-bond acceptors (Lipinski definition) is 12. The summed E-state index contributed by atoms with van der Waals surface area (Å²) in [6.45, 7) is 16.3. The quantitative estimate of drug-likeness (QED) is 0.211. The number of aliphatic imine (C=N–C) groups is 1. The SMILES string of the molecule is C/C1=C\[C@H](C)[C@@H](O[C@H]2O[C@@H](C)C[C@@H](N(C)C)C2O)[C@@](C)(OCC#Cc2ccc3ncc(-c4ccco4)cc3c2)C[C@@H](C)C2=NCCN3C(=O)O[C@](C)([C@H](C)OC1=O)[C@H]3[C@@H]2C. The van der Waals surface area contributed by atoms with Crippen LogP contribution in [0.2, 0.25) is 0 Å². The molecule has 13 nitrogen and oxygen atoms in total. The Hall–Kier alpha value is -4.58. The van der Waals surface area contributed by atoms with Crippen LogP contribution in [0.3, 0.4) is 0 Å². The van der Waals surface area contributed by atoms with Crippen LogP contribution < -0.4 is 0 Å². The van der Waals surface area contributed by atoms with E-state index >= 15 is 0 Å². The van der Waals surface area contributed by atoms with E-state index in [9.17, 15) is 14.7 Å². The molecule has 0 spiro atoms. The van der Waals surface area contributed by atoms with Crippen LogP contribution in [0.25, 0.3) is 22.2 Å². The van der Waals surface area contributed by atoms with Crippen molar-refractivity contribution in [2.75, 3.05) is 33.8 Å². The number of esters is 1. The molecule has 60 heavy (non-hydrogen) atoms. The van der Waals surface area contributed by atoms with E-state index in [1.54, 1.807) is 31.2 Å². The molecule has 2 saturated heterocycles. The van der Waals surface area contributed by atoms with Crippen molar-refractivity contribution in [1.29, 1.82) is 0 Å². The first-order valence-electron chi connectivity index (χ1n) is 21.1. The second kappa shape index (κ2) is 17.4. The summed E-state index contributed by atoms with van der Waals surface area (Å²) in [7, 11) is 3.88. The largest absolute Gasteiger partial charge is 0.464 e. The predicted molar refractivity (Wildman–Crippen MR) is 227 cm³/mol. The first kappa shape index (κ1) is 43.5. The Kier molecular flexibility index (Phi) is 12.6. The van der Waals surface area contributed by atoms with Gasteiger partial charge in [-0.05, 0) is 104 Å². The van der Waals surface area contributed by atoms with Gasteiger partial charge < -0.3 is 38.1 Å². The van der Waals surface area contributed by atoms with Gasteiger partial charge in [-0.15, -0.1) is 0 Å². The van der Waals surface area contributed by atoms with E-state index in [1.807, 2.05) is 89.2 Å². The van der Waals surface area contributed by atoms with Gasteiger partial charge in [-0.25, -0.2) is 9.59 Å². The number of likely N-dealkylation sites (N-methyl/N-ethyl adjacent to an activating group) is 1. The molecule has 6 heterocycles. The number of nitrogens with zero attached hydrogens (tertiary/aromatic N) is 4. The highest BCUT2D eigenvalue weighted by Gasteiger charge is 2.59. The average molecular weight is 825 g/mol. The minimum absolute atomic E-state index is 0.0461. The molecule has 0 saturated carbocycles. The first-order chi connectivity index (χ1) is 28.5. The molecule has 0 radical (unpaired) electrons. The van der Waals surface area contributed by atoms with Crippen LogP contribution in [0.5, 0.6) is 0 Å². The Morgan fingerprint density at radius 2 is 1.87 bits per heavy atom. The van der Waals surface area contributed by atoms with Gasteiger partial charge in [0.15, 0.2) is 11.9 Å². The minimum atomic E-state index is -1.12. The van der Waals surface area contributed by atoms with Gasteiger partial charge in [-0.2, -0.15) is 0 Å². The molecule has 2 fully saturated rings. The van der Waals surface area contributed by atoms with Crippen LogP contribution >= 0.6 is 0 Å². The highest BCUT2D eigenvalue weighted by Crippen LogP contribution is 2.43. The number of carbonyl (C=O) groups is 2. The molecule has 1 unspecified atom stereocenters. The normalized spacial score (nSPS) is 36.0. The smallest absolute Gasteiger partial charge is 0.410 e. The lowest BCUT2D eigenvalue weighted by Crippen LogP contribution is -2.59. The van der Waals surface area contributed by atoms with Crippen molar-refractivity contribution < 1.29 is 42.8 Å². The number of hydrogen-bond donors (Lipinski definition) is 1. The van der Waals surface area contributed by atoms with Crippen LogP contribution in [0.15, 0.2) is 69.9 Å². The maximum atomic E-state index is 13.9. The maximum absolute atomic E-state index is 13.9. The Balaban J connectivity index is 1.26. The Bertz CT molecular complexity index is 2180. The zero-order chi connectivity index (χ0) is 43.1. The lowest BCUT2D eigenvalue weighted by Gasteiger charge is -2.47. The zero-order valence-corrected chi connectivity index (χ0v) is 36.5. The fourth-order valence-electron chi connectivity index (χ4n) is 9.89. The molecule has 2 bridgehead atoms. The molecule has 4 aliphatic heterocycles. The summed E-state index contributed by atoms with van der Waals surface area (Å²) in [4.78, 5) is 40.7. The number of benzene rings is 1. The molecular formula is C47H60N4O9. The summed E-state index contributed by atoms with van der Waals surface area (Å²) in [5.74, 6) is 5.89. The van der Waals surface area contributed by atoms with Crippen molar-refractivity contribution in [1.82, 2.24) is 14.8 Å². The van der Waals surface area contributed by atoms with Gasteiger partial charge in [0.2, 0.25) is 0 Å². The summed E-state index contributed by atoms with van der Waals surface area (Å²) in [5, 5.41) is 12.6. The number of aliphatic hydroxyl groups excluding tert-OH is 1. The van der Waals surface area contributed by atoms with Crippen molar-refractivity contribution in [2.45, 2.75) is 122 Å². The fourth-order valence-corrected chi connectivity index (χ4v) is 9.89. The number of amides is 1. The first-order valence-corrected chi connectivity index (χ1v) is 21.1. The molecule has 12 atom stereocenters. The van der Waals surface area contributed by atoms with Crippen molar-refractivity contribution in [3.8, 4) is 23.2 Å². The third-order valence-electron chi connectivity index (χ3n) is 13.0. The lowest BCUT2D eigenvalue weighted by atomic mass is 9.74. The van der Waals surface area contributed by atoms with Gasteiger partial charge in [0.05, 0.1) is 42.2 Å². The van der Waals surface area contributed by atoms with Crippen molar-refractivity contribution in [3.05, 3.63) is 66.1 Å². The van der Waals surface area contributed by atoms with E-state index in [0.29, 0.717) is 31.5 Å². The van der Waals surface area contributed by atoms with Crippen molar-refractivity contribution >= 4 is 28.7 Å². The Labute approximate surface area is 353 Å². The Morgan fingerprint density at radius 1 is 1.08 bits per heavy atom. The maximum Gasteiger partial charge on any atom is 0.410 e. The number of fused-ring (bicyclic) bond motifs is 2. The molecule has 0 aliphatic carbocycles. The third kappa shape index (κ3) is 8.63. The van der Waals surface area contributed by atoms with E-state index in [-0.39, 0.29) is 30.6 Å². The van der Waals surface area contributed by atoms with Gasteiger partial charge in [0, 0.05) is 58.4 Å². The molecular weight excluding hydrogens is 765 g/mol. The average Bonchev–Trinajstić information content (AvgIpc) is 3.78. The van der Waals surface area contributed by atoms with Gasteiger partial charge >= 0.3 is 12.1 Å². The van der Waals surface area contributed by atoms with Crippen LogP contribution in [-0.4, -0.2) is 125 Å². The molecule has 1 aromatic carbocycles. The van der Waals surface area contributed by atoms with Crippen LogP contribution in [0.1, 0.15) is 73.8 Å². The highest BCUT2D eigenvalue weighted by molar-refractivity contribution is 5.91. The number of rotatable bonds is 6. The van der Waals surface area contributed by atoms with E-state index < -0.39 is 59.8 Å². The van der Waals surface area contributed by atoms with Crippen LogP contribution in [0.4, 0.5) is 4.79 Å². The molecule has 7 rings (SSSR count). The number of aliphatic hydroxyl groups is 1. The zero-order valence-electron chi connectivity index (χ0n) is 36.5. The predicted octanol–water partition coefficient (Wildman–Crippen LogP) is 6.66. The van der Waals surface area contributed by atoms with Gasteiger partial charge in [0.25, 0.3) is 0 Å². The van der Waals surface area contributed by atoms with Crippen molar-refractivity contribution in [3.63, 3.8) is 0 Å². The minimum Gasteiger partial charge on any atom is -0.464 e. The van der Waals surface area contributed by atoms with Crippen LogP contribution in [-0.2, 0) is 28.5 Å². The molecule has 2 aromatic heterocycles. The van der Waals surface area contributed by atoms with Crippen molar-refractivity contribution in [2.24, 2.45) is 22.7 Å². The molecule has 1 N–H and O–H groups in total. The summed E-state index contributed by atoms with van der Waals surface area (Å²) >= 11 is 0. The van der Waals surface area contributed by atoms with Gasteiger partial charge in [0.1, 0.15) is 24.6 Å². The van der Waals surface area contributed by atoms with E-state index in [1.165, 1.54) is 0 Å². The molecule has 322 valence electrons. The van der Waals surface area contributed by atoms with E-state index in [2.05, 4.69) is 30.7 Å². The number of aromatic nitrogens is 1. The molecule has 1 amide bonds. The number of furan rings is 1. The number of carbonyl (C=O) groups excluding carboxylic acids is 2. The summed E-state index contributed by atoms with van der Waals surface area (Å²) in [6, 6.07) is 11.0. The molecule has 13 heteroatoms. The topological polar surface area (TPSA) is 145 Å². The number of ether oxygens (including phenoxy) is 5. The molecule has 3 aromatic rings. The Morgan fingerprint density at radius 3 is 2.60 bits per heavy atom. The molecule has 4 aliphatic rings. The van der Waals surface area contributed by atoms with Crippen LogP contribution in [0, 0.1) is 29.6 Å². The second-order valence-corrected chi connectivity index (χ2v) is 17.8. The summed E-state index contributed by atoms with van der Waals surface area (Å²) in [5.41, 5.74) is 1.59. The summed E-state index contributed by atoms with van der Waals surface area (Å²) in [6.07, 6.45) is 2.26. The number of cyclic esters (lactones) is 1. The van der Waals surface area contributed by atoms with Gasteiger partial charge in [-0.3, -0.25) is 14.9 Å². The second-order valence-electron chi connectivity index (χ2n) is 17.8. The third-order valence-corrected chi connectivity index (χ3v) is 13.0. The lowest BCUT2D eigenvalue weighted by molar-refractivity contribution is -0.295. The van der Waals surface area contributed by atoms with E-state index in [4.69, 9.17) is 33.1 Å².